The van der Waals surface area contributed by atoms with Gasteiger partial charge in [-0.05, 0) is 73.5 Å². The molecule has 0 aliphatic carbocycles. The SMILES string of the molecule is COc1cccc(OCCCN2CCCC(CN3CCc4cc5c(cc4C3)OCO5)C2)c1. The van der Waals surface area contributed by atoms with Gasteiger partial charge in [-0.15, -0.1) is 0 Å². The van der Waals surface area contributed by atoms with Crippen LogP contribution in [0.1, 0.15) is 30.4 Å². The molecule has 6 nitrogen and oxygen atoms in total. The van der Waals surface area contributed by atoms with Crippen LogP contribution in [0.3, 0.4) is 0 Å². The monoisotopic (exact) mass is 438 g/mol. The van der Waals surface area contributed by atoms with Gasteiger partial charge in [0.05, 0.1) is 13.7 Å². The van der Waals surface area contributed by atoms with Gasteiger partial charge in [0.2, 0.25) is 6.79 Å². The van der Waals surface area contributed by atoms with Gasteiger partial charge in [-0.2, -0.15) is 0 Å². The van der Waals surface area contributed by atoms with Crippen molar-refractivity contribution in [3.8, 4) is 23.0 Å². The van der Waals surface area contributed by atoms with Crippen LogP contribution in [0, 0.1) is 5.92 Å². The first-order chi connectivity index (χ1) is 15.8. The molecule has 2 aromatic rings. The van der Waals surface area contributed by atoms with Crippen molar-refractivity contribution in [2.24, 2.45) is 5.92 Å². The highest BCUT2D eigenvalue weighted by Crippen LogP contribution is 2.37. The highest BCUT2D eigenvalue weighted by Gasteiger charge is 2.26. The van der Waals surface area contributed by atoms with E-state index in [4.69, 9.17) is 18.9 Å². The van der Waals surface area contributed by atoms with Crippen LogP contribution in [0.15, 0.2) is 36.4 Å². The molecule has 32 heavy (non-hydrogen) atoms. The number of nitrogens with zero attached hydrogens (tertiary/aromatic N) is 2. The van der Waals surface area contributed by atoms with Crippen molar-refractivity contribution in [1.29, 1.82) is 0 Å². The van der Waals surface area contributed by atoms with E-state index in [1.54, 1.807) is 7.11 Å². The number of hydrogen-bond donors (Lipinski definition) is 0. The molecule has 0 bridgehead atoms. The number of likely N-dealkylation sites (tertiary alicyclic amines) is 1. The summed E-state index contributed by atoms with van der Waals surface area (Å²) in [5, 5.41) is 0. The Kier molecular flexibility index (Phi) is 6.69. The van der Waals surface area contributed by atoms with Crippen molar-refractivity contribution in [2.45, 2.75) is 32.2 Å². The average Bonchev–Trinajstić information content (AvgIpc) is 3.28. The largest absolute Gasteiger partial charge is 0.497 e. The number of rotatable bonds is 8. The second kappa shape index (κ2) is 10.0. The van der Waals surface area contributed by atoms with E-state index >= 15 is 0 Å². The van der Waals surface area contributed by atoms with Crippen molar-refractivity contribution in [1.82, 2.24) is 9.80 Å². The van der Waals surface area contributed by atoms with E-state index in [1.165, 1.54) is 43.6 Å². The lowest BCUT2D eigenvalue weighted by Crippen LogP contribution is -2.42. The average molecular weight is 439 g/mol. The lowest BCUT2D eigenvalue weighted by Gasteiger charge is -2.37. The van der Waals surface area contributed by atoms with Gasteiger partial charge in [-0.3, -0.25) is 4.90 Å². The normalized spacial score (nSPS) is 20.7. The first kappa shape index (κ1) is 21.4. The summed E-state index contributed by atoms with van der Waals surface area (Å²) < 4.78 is 22.3. The molecule has 172 valence electrons. The van der Waals surface area contributed by atoms with Crippen LogP contribution in [0.25, 0.3) is 0 Å². The molecule has 0 amide bonds. The maximum atomic E-state index is 5.92. The van der Waals surface area contributed by atoms with Crippen molar-refractivity contribution >= 4 is 0 Å². The minimum Gasteiger partial charge on any atom is -0.497 e. The van der Waals surface area contributed by atoms with Crippen LogP contribution >= 0.6 is 0 Å². The molecular formula is C26H34N2O4. The lowest BCUT2D eigenvalue weighted by atomic mass is 9.94. The predicted octanol–water partition coefficient (Wildman–Crippen LogP) is 3.96. The van der Waals surface area contributed by atoms with E-state index in [2.05, 4.69) is 21.9 Å². The summed E-state index contributed by atoms with van der Waals surface area (Å²) in [4.78, 5) is 5.25. The van der Waals surface area contributed by atoms with Crippen LogP contribution in [-0.4, -0.2) is 63.0 Å². The molecule has 1 unspecified atom stereocenters. The molecule has 3 aliphatic rings. The molecule has 5 rings (SSSR count). The van der Waals surface area contributed by atoms with Crippen LogP contribution < -0.4 is 18.9 Å². The minimum atomic E-state index is 0.352. The molecule has 0 aromatic heterocycles. The first-order valence-electron chi connectivity index (χ1n) is 11.9. The maximum Gasteiger partial charge on any atom is 0.231 e. The molecule has 1 fully saturated rings. The van der Waals surface area contributed by atoms with E-state index in [-0.39, 0.29) is 0 Å². The van der Waals surface area contributed by atoms with Crippen molar-refractivity contribution in [2.75, 3.05) is 53.2 Å². The van der Waals surface area contributed by atoms with Crippen LogP contribution in [0.4, 0.5) is 0 Å². The number of ether oxygens (including phenoxy) is 4. The second-order valence-corrected chi connectivity index (χ2v) is 9.15. The summed E-state index contributed by atoms with van der Waals surface area (Å²) in [5.41, 5.74) is 2.83. The molecule has 1 saturated heterocycles. The standard InChI is InChI=1S/C26H34N2O4/c1-29-23-6-2-7-24(15-23)30-12-4-10-27-9-3-5-20(16-27)17-28-11-8-21-13-25-26(32-19-31-25)14-22(21)18-28/h2,6-7,13-15,20H,3-5,8-12,16-19H2,1H3. The number of piperidine rings is 1. The third-order valence-electron chi connectivity index (χ3n) is 6.83. The molecule has 2 aromatic carbocycles. The number of fused-ring (bicyclic) bond motifs is 2. The van der Waals surface area contributed by atoms with Crippen molar-refractivity contribution < 1.29 is 18.9 Å². The zero-order valence-corrected chi connectivity index (χ0v) is 19.1. The Morgan fingerprint density at radius 1 is 1.00 bits per heavy atom. The highest BCUT2D eigenvalue weighted by molar-refractivity contribution is 5.49. The summed E-state index contributed by atoms with van der Waals surface area (Å²) >= 11 is 0. The van der Waals surface area contributed by atoms with Gasteiger partial charge in [-0.25, -0.2) is 0 Å². The third kappa shape index (κ3) is 5.13. The lowest BCUT2D eigenvalue weighted by molar-refractivity contribution is 0.121. The zero-order chi connectivity index (χ0) is 21.8. The third-order valence-corrected chi connectivity index (χ3v) is 6.83. The first-order valence-corrected chi connectivity index (χ1v) is 11.9. The van der Waals surface area contributed by atoms with Crippen LogP contribution in [0.2, 0.25) is 0 Å². The van der Waals surface area contributed by atoms with Crippen molar-refractivity contribution in [3.05, 3.63) is 47.5 Å². The fraction of sp³-hybridized carbons (Fsp3) is 0.538. The van der Waals surface area contributed by atoms with E-state index in [0.29, 0.717) is 6.79 Å². The Labute approximate surface area is 191 Å². The smallest absolute Gasteiger partial charge is 0.231 e. The van der Waals surface area contributed by atoms with Crippen LogP contribution in [-0.2, 0) is 13.0 Å². The molecule has 6 heteroatoms. The molecule has 1 atom stereocenters. The van der Waals surface area contributed by atoms with Gasteiger partial charge in [-0.1, -0.05) is 6.07 Å². The minimum absolute atomic E-state index is 0.352. The topological polar surface area (TPSA) is 43.4 Å². The summed E-state index contributed by atoms with van der Waals surface area (Å²) in [7, 11) is 1.68. The van der Waals surface area contributed by atoms with Gasteiger partial charge in [0.15, 0.2) is 11.5 Å². The van der Waals surface area contributed by atoms with E-state index in [9.17, 15) is 0 Å². The maximum absolute atomic E-state index is 5.92. The van der Waals surface area contributed by atoms with Gasteiger partial charge in [0, 0.05) is 38.8 Å². The Morgan fingerprint density at radius 2 is 1.84 bits per heavy atom. The quantitative estimate of drug-likeness (QED) is 0.581. The van der Waals surface area contributed by atoms with Gasteiger partial charge >= 0.3 is 0 Å². The van der Waals surface area contributed by atoms with E-state index in [0.717, 1.165) is 68.0 Å². The Bertz CT molecular complexity index is 919. The van der Waals surface area contributed by atoms with Gasteiger partial charge < -0.3 is 23.8 Å². The molecular weight excluding hydrogens is 404 g/mol. The molecule has 0 radical (unpaired) electrons. The molecule has 3 aliphatic heterocycles. The number of benzene rings is 2. The number of methoxy groups -OCH3 is 1. The van der Waals surface area contributed by atoms with Crippen molar-refractivity contribution in [3.63, 3.8) is 0 Å². The van der Waals surface area contributed by atoms with Gasteiger partial charge in [0.25, 0.3) is 0 Å². The second-order valence-electron chi connectivity index (χ2n) is 9.15. The summed E-state index contributed by atoms with van der Waals surface area (Å²) in [6.45, 7) is 7.95. The molecule has 0 spiro atoms. The Hall–Kier alpha value is -2.44. The molecule has 0 N–H and O–H groups in total. The Morgan fingerprint density at radius 3 is 2.72 bits per heavy atom. The van der Waals surface area contributed by atoms with Crippen LogP contribution in [0.5, 0.6) is 23.0 Å². The molecule has 3 heterocycles. The fourth-order valence-electron chi connectivity index (χ4n) is 5.20. The van der Waals surface area contributed by atoms with E-state index < -0.39 is 0 Å². The Balaban J connectivity index is 1.06. The fourth-order valence-corrected chi connectivity index (χ4v) is 5.20. The van der Waals surface area contributed by atoms with Gasteiger partial charge in [0.1, 0.15) is 11.5 Å². The zero-order valence-electron chi connectivity index (χ0n) is 19.1. The summed E-state index contributed by atoms with van der Waals surface area (Å²) in [6, 6.07) is 12.2. The van der Waals surface area contributed by atoms with E-state index in [1.807, 2.05) is 24.3 Å². The summed E-state index contributed by atoms with van der Waals surface area (Å²) in [6.07, 6.45) is 4.78. The summed E-state index contributed by atoms with van der Waals surface area (Å²) in [5.74, 6) is 4.29. The predicted molar refractivity (Wildman–Crippen MR) is 124 cm³/mol. The number of hydrogen-bond acceptors (Lipinski definition) is 6. The molecule has 0 saturated carbocycles. The highest BCUT2D eigenvalue weighted by atomic mass is 16.7.